The van der Waals surface area contributed by atoms with Crippen molar-refractivity contribution in [2.75, 3.05) is 13.1 Å². The number of amides is 1. The van der Waals surface area contributed by atoms with Gasteiger partial charge in [-0.25, -0.2) is 0 Å². The van der Waals surface area contributed by atoms with Gasteiger partial charge in [-0.15, -0.1) is 11.6 Å². The van der Waals surface area contributed by atoms with Crippen molar-refractivity contribution >= 4 is 33.4 Å². The average Bonchev–Trinajstić information content (AvgIpc) is 2.30. The van der Waals surface area contributed by atoms with Gasteiger partial charge in [-0.2, -0.15) is 0 Å². The minimum absolute atomic E-state index is 0.0958. The Hall–Kier alpha value is -0.610. The van der Waals surface area contributed by atoms with E-state index in [2.05, 4.69) is 20.9 Å². The summed E-state index contributed by atoms with van der Waals surface area (Å²) in [5.74, 6) is -0.0958. The quantitative estimate of drug-likeness (QED) is 0.801. The minimum Gasteiger partial charge on any atom is -0.342 e. The molecule has 1 amide bonds. The molecule has 0 aromatic carbocycles. The lowest BCUT2D eigenvalue weighted by Gasteiger charge is -2.21. The third kappa shape index (κ3) is 3.19. The molecule has 0 saturated carbocycles. The van der Waals surface area contributed by atoms with Gasteiger partial charge in [-0.05, 0) is 41.9 Å². The van der Waals surface area contributed by atoms with Gasteiger partial charge >= 0.3 is 0 Å². The second-order valence-electron chi connectivity index (χ2n) is 3.27. The summed E-state index contributed by atoms with van der Waals surface area (Å²) in [5, 5.41) is -0.701. The Morgan fingerprint density at radius 3 is 2.56 bits per heavy atom. The summed E-state index contributed by atoms with van der Waals surface area (Å²) in [6.45, 7) is 5.18. The number of pyridine rings is 1. The van der Waals surface area contributed by atoms with Crippen molar-refractivity contribution in [2.45, 2.75) is 19.2 Å². The second kappa shape index (κ2) is 6.21. The Morgan fingerprint density at radius 2 is 2.12 bits per heavy atom. The smallest absolute Gasteiger partial charge is 0.246 e. The van der Waals surface area contributed by atoms with Crippen LogP contribution in [-0.4, -0.2) is 28.9 Å². The highest BCUT2D eigenvalue weighted by atomic mass is 79.9. The number of halogens is 2. The lowest BCUT2D eigenvalue weighted by atomic mass is 10.2. The number of carbonyl (C=O) groups is 1. The van der Waals surface area contributed by atoms with Crippen molar-refractivity contribution in [2.24, 2.45) is 0 Å². The van der Waals surface area contributed by atoms with Crippen LogP contribution in [0.15, 0.2) is 22.8 Å². The van der Waals surface area contributed by atoms with Crippen LogP contribution in [0, 0.1) is 0 Å². The van der Waals surface area contributed by atoms with E-state index in [0.29, 0.717) is 18.8 Å². The van der Waals surface area contributed by atoms with Crippen molar-refractivity contribution < 1.29 is 4.79 Å². The number of likely N-dealkylation sites (N-methyl/N-ethyl adjacent to an activating group) is 1. The van der Waals surface area contributed by atoms with Crippen molar-refractivity contribution in [3.63, 3.8) is 0 Å². The zero-order valence-corrected chi connectivity index (χ0v) is 11.6. The molecular weight excluding hydrogens is 291 g/mol. The Labute approximate surface area is 109 Å². The summed E-state index contributed by atoms with van der Waals surface area (Å²) in [5.41, 5.74) is 0.585. The predicted molar refractivity (Wildman–Crippen MR) is 68.5 cm³/mol. The van der Waals surface area contributed by atoms with Crippen LogP contribution >= 0.6 is 27.5 Å². The van der Waals surface area contributed by atoms with Gasteiger partial charge in [-0.1, -0.05) is 0 Å². The number of alkyl halides is 1. The Balaban J connectivity index is 2.81. The van der Waals surface area contributed by atoms with E-state index < -0.39 is 5.38 Å². The molecule has 16 heavy (non-hydrogen) atoms. The normalized spacial score (nSPS) is 12.2. The molecule has 0 aliphatic carbocycles. The summed E-state index contributed by atoms with van der Waals surface area (Å²) in [4.78, 5) is 17.8. The fourth-order valence-electron chi connectivity index (χ4n) is 1.36. The van der Waals surface area contributed by atoms with E-state index in [-0.39, 0.29) is 5.91 Å². The maximum Gasteiger partial charge on any atom is 0.246 e. The molecule has 1 heterocycles. The topological polar surface area (TPSA) is 33.2 Å². The summed E-state index contributed by atoms with van der Waals surface area (Å²) in [6, 6.07) is 3.58. The van der Waals surface area contributed by atoms with E-state index >= 15 is 0 Å². The van der Waals surface area contributed by atoms with Crippen LogP contribution in [0.5, 0.6) is 0 Å². The summed E-state index contributed by atoms with van der Waals surface area (Å²) < 4.78 is 0.871. The number of hydrogen-bond donors (Lipinski definition) is 0. The lowest BCUT2D eigenvalue weighted by Crippen LogP contribution is -2.33. The Kier molecular flexibility index (Phi) is 5.22. The summed E-state index contributed by atoms with van der Waals surface area (Å²) in [6.07, 6.45) is 1.64. The highest BCUT2D eigenvalue weighted by Crippen LogP contribution is 2.22. The fraction of sp³-hybridized carbons (Fsp3) is 0.455. The molecule has 0 aliphatic rings. The second-order valence-corrected chi connectivity index (χ2v) is 4.63. The van der Waals surface area contributed by atoms with E-state index in [1.54, 1.807) is 17.2 Å². The van der Waals surface area contributed by atoms with Crippen molar-refractivity contribution in [3.05, 3.63) is 28.5 Å². The molecule has 88 valence electrons. The number of rotatable bonds is 4. The molecular formula is C11H14BrClN2O. The van der Waals surface area contributed by atoms with Gasteiger partial charge in [0.1, 0.15) is 0 Å². The van der Waals surface area contributed by atoms with E-state index in [9.17, 15) is 4.79 Å². The molecule has 0 fully saturated rings. The van der Waals surface area contributed by atoms with E-state index in [1.807, 2.05) is 19.9 Å². The molecule has 5 heteroatoms. The number of carbonyl (C=O) groups excluding carboxylic acids is 1. The number of nitrogens with zero attached hydrogens (tertiary/aromatic N) is 2. The largest absolute Gasteiger partial charge is 0.342 e. The molecule has 0 radical (unpaired) electrons. The van der Waals surface area contributed by atoms with Crippen molar-refractivity contribution in [1.82, 2.24) is 9.88 Å². The maximum absolute atomic E-state index is 11.9. The van der Waals surface area contributed by atoms with Gasteiger partial charge in [0, 0.05) is 23.8 Å². The monoisotopic (exact) mass is 304 g/mol. The fourth-order valence-corrected chi connectivity index (χ4v) is 1.86. The van der Waals surface area contributed by atoms with Crippen LogP contribution < -0.4 is 0 Å². The van der Waals surface area contributed by atoms with Gasteiger partial charge in [0.2, 0.25) is 5.91 Å². The minimum atomic E-state index is -0.701. The molecule has 0 aliphatic heterocycles. The van der Waals surface area contributed by atoms with Crippen LogP contribution in [-0.2, 0) is 4.79 Å². The Bertz CT molecular complexity index is 352. The van der Waals surface area contributed by atoms with E-state index in [1.165, 1.54) is 0 Å². The molecule has 0 saturated heterocycles. The average molecular weight is 306 g/mol. The highest BCUT2D eigenvalue weighted by molar-refractivity contribution is 9.10. The number of aromatic nitrogens is 1. The molecule has 0 bridgehead atoms. The van der Waals surface area contributed by atoms with Crippen LogP contribution in [0.1, 0.15) is 24.9 Å². The first-order valence-electron chi connectivity index (χ1n) is 5.14. The molecule has 1 aromatic rings. The van der Waals surface area contributed by atoms with Crippen molar-refractivity contribution in [1.29, 1.82) is 0 Å². The van der Waals surface area contributed by atoms with Crippen LogP contribution in [0.3, 0.4) is 0 Å². The molecule has 3 nitrogen and oxygen atoms in total. The molecule has 1 unspecified atom stereocenters. The summed E-state index contributed by atoms with van der Waals surface area (Å²) >= 11 is 9.38. The molecule has 1 atom stereocenters. The first kappa shape index (κ1) is 13.5. The third-order valence-electron chi connectivity index (χ3n) is 2.30. The first-order valence-corrected chi connectivity index (χ1v) is 6.37. The first-order chi connectivity index (χ1) is 7.60. The highest BCUT2D eigenvalue weighted by Gasteiger charge is 2.22. The van der Waals surface area contributed by atoms with Gasteiger partial charge in [0.15, 0.2) is 5.38 Å². The van der Waals surface area contributed by atoms with E-state index in [4.69, 9.17) is 11.6 Å². The lowest BCUT2D eigenvalue weighted by molar-refractivity contribution is -0.130. The third-order valence-corrected chi connectivity index (χ3v) is 3.18. The molecule has 0 spiro atoms. The SMILES string of the molecule is CCN(CC)C(=O)C(Cl)c1ccc(Br)cn1. The van der Waals surface area contributed by atoms with Crippen molar-refractivity contribution in [3.8, 4) is 0 Å². The molecule has 0 N–H and O–H groups in total. The molecule has 1 aromatic heterocycles. The number of hydrogen-bond acceptors (Lipinski definition) is 2. The van der Waals surface area contributed by atoms with Gasteiger partial charge in [0.05, 0.1) is 5.69 Å². The molecule has 1 rings (SSSR count). The predicted octanol–water partition coefficient (Wildman–Crippen LogP) is 2.99. The van der Waals surface area contributed by atoms with Crippen LogP contribution in [0.4, 0.5) is 0 Å². The van der Waals surface area contributed by atoms with Crippen LogP contribution in [0.25, 0.3) is 0 Å². The summed E-state index contributed by atoms with van der Waals surface area (Å²) in [7, 11) is 0. The Morgan fingerprint density at radius 1 is 1.50 bits per heavy atom. The zero-order chi connectivity index (χ0) is 12.1. The van der Waals surface area contributed by atoms with Crippen LogP contribution in [0.2, 0.25) is 0 Å². The standard InChI is InChI=1S/C11H14BrClN2O/c1-3-15(4-2)11(16)10(13)9-6-5-8(12)7-14-9/h5-7,10H,3-4H2,1-2H3. The van der Waals surface area contributed by atoms with Gasteiger partial charge in [0.25, 0.3) is 0 Å². The van der Waals surface area contributed by atoms with Gasteiger partial charge in [-0.3, -0.25) is 9.78 Å². The van der Waals surface area contributed by atoms with Gasteiger partial charge < -0.3 is 4.90 Å². The zero-order valence-electron chi connectivity index (χ0n) is 9.28. The maximum atomic E-state index is 11.9. The van der Waals surface area contributed by atoms with E-state index in [0.717, 1.165) is 4.47 Å².